The Morgan fingerprint density at radius 3 is 1.56 bits per heavy atom. The summed E-state index contributed by atoms with van der Waals surface area (Å²) in [5.41, 5.74) is 21.3. The molecule has 0 bridgehead atoms. The van der Waals surface area contributed by atoms with E-state index < -0.39 is 103 Å². The van der Waals surface area contributed by atoms with Crippen molar-refractivity contribution in [3.63, 3.8) is 0 Å². The number of thiol groups is 3. The molecule has 0 aliphatic heterocycles. The summed E-state index contributed by atoms with van der Waals surface area (Å²) in [4.78, 5) is 101. The van der Waals surface area contributed by atoms with Crippen LogP contribution in [0.1, 0.15) is 19.3 Å². The minimum absolute atomic E-state index is 0.117. The summed E-state index contributed by atoms with van der Waals surface area (Å²) in [5, 5.41) is 32.2. The standard InChI is InChI=1S/C24H43N11O10S3/c25-10(2-1-3-29-24(27)28)18(39)34-14(8-47)22(43)33-12(6-36)19(40)30-5-17(38)31-13(7-46)20(41)35-15(9-48)21(42)32-11(23(44)45)4-16(26)37/h10-15,36,46-48H,1-9,25H2,(H2,26,37)(H,30,40)(H,31,38)(H,32,42)(H,33,43)(H,34,39)(H,35,41)(H,44,45)(H4,27,28,29). The Morgan fingerprint density at radius 1 is 0.667 bits per heavy atom. The van der Waals surface area contributed by atoms with E-state index in [0.717, 1.165) is 0 Å². The van der Waals surface area contributed by atoms with Gasteiger partial charge in [-0.1, -0.05) is 0 Å². The molecule has 6 unspecified atom stereocenters. The molecule has 0 fully saturated rings. The molecule has 48 heavy (non-hydrogen) atoms. The number of aliphatic carboxylic acids is 1. The first kappa shape index (κ1) is 44.0. The minimum Gasteiger partial charge on any atom is -0.480 e. The van der Waals surface area contributed by atoms with Crippen LogP contribution in [-0.2, 0) is 38.4 Å². The summed E-state index contributed by atoms with van der Waals surface area (Å²) in [6.45, 7) is -1.39. The van der Waals surface area contributed by atoms with E-state index in [1.807, 2.05) is 0 Å². The van der Waals surface area contributed by atoms with Crippen LogP contribution in [0.15, 0.2) is 4.99 Å². The second-order valence-corrected chi connectivity index (χ2v) is 11.0. The molecule has 0 rings (SSSR count). The number of carboxylic acids is 1. The Morgan fingerprint density at radius 2 is 1.12 bits per heavy atom. The third-order valence-corrected chi connectivity index (χ3v) is 7.12. The lowest BCUT2D eigenvalue weighted by Crippen LogP contribution is -2.59. The van der Waals surface area contributed by atoms with Crippen LogP contribution < -0.4 is 54.8 Å². The third-order valence-electron chi connectivity index (χ3n) is 6.03. The lowest BCUT2D eigenvalue weighted by molar-refractivity contribution is -0.143. The van der Waals surface area contributed by atoms with Gasteiger partial charge in [-0.25, -0.2) is 4.79 Å². The quantitative estimate of drug-likeness (QED) is 0.0201. The fourth-order valence-electron chi connectivity index (χ4n) is 3.46. The molecule has 0 aromatic heterocycles. The highest BCUT2D eigenvalue weighted by Crippen LogP contribution is 2.00. The molecule has 272 valence electrons. The Balaban J connectivity index is 5.06. The average molecular weight is 742 g/mol. The predicted molar refractivity (Wildman–Crippen MR) is 181 cm³/mol. The van der Waals surface area contributed by atoms with Crippen LogP contribution in [0, 0.1) is 0 Å². The van der Waals surface area contributed by atoms with E-state index in [-0.39, 0.29) is 36.2 Å². The number of amides is 7. The van der Waals surface area contributed by atoms with Gasteiger partial charge in [0.1, 0.15) is 30.2 Å². The van der Waals surface area contributed by atoms with Crippen molar-refractivity contribution in [3.05, 3.63) is 0 Å². The molecule has 7 amide bonds. The maximum Gasteiger partial charge on any atom is 0.326 e. The number of hydrogen-bond acceptors (Lipinski definition) is 14. The van der Waals surface area contributed by atoms with Crippen LogP contribution in [0.2, 0.25) is 0 Å². The number of carbonyl (C=O) groups excluding carboxylic acids is 7. The van der Waals surface area contributed by atoms with Crippen molar-refractivity contribution in [1.82, 2.24) is 31.9 Å². The molecule has 0 aliphatic carbocycles. The van der Waals surface area contributed by atoms with E-state index in [0.29, 0.717) is 6.42 Å². The highest BCUT2D eigenvalue weighted by molar-refractivity contribution is 7.80. The predicted octanol–water partition coefficient (Wildman–Crippen LogP) is -7.35. The van der Waals surface area contributed by atoms with Gasteiger partial charge >= 0.3 is 5.97 Å². The van der Waals surface area contributed by atoms with Gasteiger partial charge in [0.05, 0.1) is 25.6 Å². The van der Waals surface area contributed by atoms with Gasteiger partial charge in [0.25, 0.3) is 0 Å². The zero-order chi connectivity index (χ0) is 37.0. The number of carbonyl (C=O) groups is 8. The molecule has 0 saturated carbocycles. The van der Waals surface area contributed by atoms with Crippen molar-refractivity contribution in [2.75, 3.05) is 37.0 Å². The van der Waals surface area contributed by atoms with Crippen molar-refractivity contribution < 1.29 is 48.6 Å². The maximum absolute atomic E-state index is 12.7. The summed E-state index contributed by atoms with van der Waals surface area (Å²) >= 11 is 12.0. The summed E-state index contributed by atoms with van der Waals surface area (Å²) in [7, 11) is 0. The van der Waals surface area contributed by atoms with E-state index >= 15 is 0 Å². The molecule has 24 heteroatoms. The highest BCUT2D eigenvalue weighted by atomic mass is 32.1. The van der Waals surface area contributed by atoms with Crippen molar-refractivity contribution in [1.29, 1.82) is 0 Å². The number of nitrogens with zero attached hydrogens (tertiary/aromatic N) is 1. The Labute approximate surface area is 291 Å². The van der Waals surface area contributed by atoms with Crippen molar-refractivity contribution in [3.8, 4) is 0 Å². The molecule has 0 aliphatic rings. The van der Waals surface area contributed by atoms with E-state index in [1.54, 1.807) is 0 Å². The molecule has 21 nitrogen and oxygen atoms in total. The number of carboxylic acid groups (broad SMARTS) is 1. The summed E-state index contributed by atoms with van der Waals surface area (Å²) in [6, 6.07) is -8.20. The van der Waals surface area contributed by atoms with E-state index in [1.165, 1.54) is 0 Å². The Kier molecular flexibility index (Phi) is 21.4. The van der Waals surface area contributed by atoms with Gasteiger partial charge < -0.3 is 65.0 Å². The SMILES string of the molecule is NC(=O)CC(NC(=O)C(CS)NC(=O)C(CS)NC(=O)CNC(=O)C(CO)NC(=O)C(CS)NC(=O)C(N)CCCN=C(N)N)C(=O)O. The van der Waals surface area contributed by atoms with Gasteiger partial charge in [-0.05, 0) is 12.8 Å². The number of nitrogens with two attached hydrogens (primary N) is 4. The van der Waals surface area contributed by atoms with Crippen LogP contribution in [0.3, 0.4) is 0 Å². The van der Waals surface area contributed by atoms with Gasteiger partial charge in [-0.2, -0.15) is 37.9 Å². The zero-order valence-electron chi connectivity index (χ0n) is 25.6. The average Bonchev–Trinajstić information content (AvgIpc) is 3.03. The topological polar surface area (TPSA) is 366 Å². The monoisotopic (exact) mass is 741 g/mol. The highest BCUT2D eigenvalue weighted by Gasteiger charge is 2.30. The molecule has 0 spiro atoms. The number of aliphatic imine (C=N–C) groups is 1. The molecule has 16 N–H and O–H groups in total. The normalized spacial score (nSPS) is 14.4. The Hall–Kier alpha value is -4.00. The number of aliphatic hydroxyl groups excluding tert-OH is 1. The van der Waals surface area contributed by atoms with Gasteiger partial charge in [0.15, 0.2) is 5.96 Å². The first-order valence-electron chi connectivity index (χ1n) is 14.0. The van der Waals surface area contributed by atoms with E-state index in [9.17, 15) is 43.5 Å². The molecule has 0 aromatic rings. The summed E-state index contributed by atoms with van der Waals surface area (Å²) in [5.74, 6) is -8.83. The maximum atomic E-state index is 12.7. The van der Waals surface area contributed by atoms with Crippen molar-refractivity contribution in [2.45, 2.75) is 55.5 Å². The zero-order valence-corrected chi connectivity index (χ0v) is 28.3. The minimum atomic E-state index is -1.66. The molecular weight excluding hydrogens is 699 g/mol. The number of aliphatic hydroxyl groups is 1. The lowest BCUT2D eigenvalue weighted by atomic mass is 10.1. The third kappa shape index (κ3) is 17.2. The van der Waals surface area contributed by atoms with Crippen LogP contribution in [0.5, 0.6) is 0 Å². The Bertz CT molecular complexity index is 1190. The van der Waals surface area contributed by atoms with Gasteiger partial charge in [-0.15, -0.1) is 0 Å². The second-order valence-electron chi connectivity index (χ2n) is 9.88. The second kappa shape index (κ2) is 23.3. The number of nitrogens with one attached hydrogen (secondary N) is 6. The molecule has 0 heterocycles. The number of hydrogen-bond donors (Lipinski definition) is 15. The van der Waals surface area contributed by atoms with Crippen molar-refractivity contribution >= 4 is 91.2 Å². The first-order valence-corrected chi connectivity index (χ1v) is 15.9. The van der Waals surface area contributed by atoms with E-state index in [4.69, 9.17) is 28.0 Å². The van der Waals surface area contributed by atoms with Crippen LogP contribution in [0.4, 0.5) is 0 Å². The fourth-order valence-corrected chi connectivity index (χ4v) is 4.23. The summed E-state index contributed by atoms with van der Waals surface area (Å²) < 4.78 is 0. The van der Waals surface area contributed by atoms with Crippen LogP contribution in [-0.4, -0.2) is 137 Å². The van der Waals surface area contributed by atoms with E-state index in [2.05, 4.69) is 74.8 Å². The molecule has 0 saturated heterocycles. The number of primary amides is 1. The van der Waals surface area contributed by atoms with Crippen LogP contribution in [0.25, 0.3) is 0 Å². The fraction of sp³-hybridized carbons (Fsp3) is 0.625. The van der Waals surface area contributed by atoms with Crippen molar-refractivity contribution in [2.24, 2.45) is 27.9 Å². The molecular formula is C24H43N11O10S3. The number of rotatable bonds is 23. The molecule has 6 atom stereocenters. The van der Waals surface area contributed by atoms with Gasteiger partial charge in [0.2, 0.25) is 41.4 Å². The van der Waals surface area contributed by atoms with Crippen LogP contribution >= 0.6 is 37.9 Å². The first-order chi connectivity index (χ1) is 22.5. The molecule has 0 radical (unpaired) electrons. The van der Waals surface area contributed by atoms with Gasteiger partial charge in [-0.3, -0.25) is 38.6 Å². The smallest absolute Gasteiger partial charge is 0.326 e. The van der Waals surface area contributed by atoms with Gasteiger partial charge in [0, 0.05) is 23.8 Å². The largest absolute Gasteiger partial charge is 0.480 e. The lowest BCUT2D eigenvalue weighted by Gasteiger charge is -2.23. The summed E-state index contributed by atoms with van der Waals surface area (Å²) in [6.07, 6.45) is -0.132. The molecule has 0 aromatic carbocycles. The number of guanidine groups is 1.